The SMILES string of the molecule is CC(C)NCCC(=O)N[C@@H](C)C1CCCCCC1. The largest absolute Gasteiger partial charge is 0.353 e. The van der Waals surface area contributed by atoms with Crippen molar-refractivity contribution in [2.45, 2.75) is 77.8 Å². The van der Waals surface area contributed by atoms with Crippen LogP contribution < -0.4 is 10.6 Å². The second-order valence-corrected chi connectivity index (χ2v) is 5.97. The summed E-state index contributed by atoms with van der Waals surface area (Å²) < 4.78 is 0. The van der Waals surface area contributed by atoms with E-state index in [4.69, 9.17) is 0 Å². The molecule has 106 valence electrons. The van der Waals surface area contributed by atoms with Crippen LogP contribution in [0.4, 0.5) is 0 Å². The minimum Gasteiger partial charge on any atom is -0.353 e. The van der Waals surface area contributed by atoms with Crippen LogP contribution in [0.25, 0.3) is 0 Å². The summed E-state index contributed by atoms with van der Waals surface area (Å²) in [4.78, 5) is 11.8. The van der Waals surface area contributed by atoms with E-state index in [9.17, 15) is 4.79 Å². The molecule has 3 heteroatoms. The third-order valence-electron chi connectivity index (χ3n) is 3.90. The van der Waals surface area contributed by atoms with Crippen molar-refractivity contribution in [3.05, 3.63) is 0 Å². The Balaban J connectivity index is 2.20. The molecule has 0 aromatic rings. The maximum absolute atomic E-state index is 11.8. The molecule has 18 heavy (non-hydrogen) atoms. The molecule has 2 N–H and O–H groups in total. The first kappa shape index (κ1) is 15.5. The molecule has 1 aliphatic carbocycles. The Labute approximate surface area is 112 Å². The standard InChI is InChI=1S/C15H30N2O/c1-12(2)16-11-10-15(18)17-13(3)14-8-6-4-5-7-9-14/h12-14,16H,4-11H2,1-3H3,(H,17,18)/t13-/m0/s1. The van der Waals surface area contributed by atoms with Gasteiger partial charge in [0.25, 0.3) is 0 Å². The summed E-state index contributed by atoms with van der Waals surface area (Å²) in [5, 5.41) is 6.45. The van der Waals surface area contributed by atoms with Gasteiger partial charge in [0, 0.05) is 25.0 Å². The molecule has 1 aliphatic rings. The van der Waals surface area contributed by atoms with E-state index >= 15 is 0 Å². The second-order valence-electron chi connectivity index (χ2n) is 5.97. The molecule has 3 nitrogen and oxygen atoms in total. The fourth-order valence-corrected chi connectivity index (χ4v) is 2.73. The van der Waals surface area contributed by atoms with Gasteiger partial charge in [-0.05, 0) is 25.7 Å². The zero-order chi connectivity index (χ0) is 13.4. The minimum atomic E-state index is 0.194. The van der Waals surface area contributed by atoms with E-state index in [2.05, 4.69) is 31.4 Å². The summed E-state index contributed by atoms with van der Waals surface area (Å²) in [5.41, 5.74) is 0. The predicted octanol–water partition coefficient (Wildman–Crippen LogP) is 2.85. The lowest BCUT2D eigenvalue weighted by atomic mass is 9.93. The van der Waals surface area contributed by atoms with Crippen LogP contribution in [0.15, 0.2) is 0 Å². The fraction of sp³-hybridized carbons (Fsp3) is 0.933. The van der Waals surface area contributed by atoms with Crippen LogP contribution in [0.3, 0.4) is 0 Å². The molecule has 0 aromatic carbocycles. The van der Waals surface area contributed by atoms with Crippen molar-refractivity contribution < 1.29 is 4.79 Å². The third-order valence-corrected chi connectivity index (χ3v) is 3.90. The van der Waals surface area contributed by atoms with E-state index in [0.717, 1.165) is 6.54 Å². The summed E-state index contributed by atoms with van der Waals surface area (Å²) in [6.07, 6.45) is 8.57. The Kier molecular flexibility index (Phi) is 7.33. The lowest BCUT2D eigenvalue weighted by Gasteiger charge is -2.23. The average Bonchev–Trinajstić information content (AvgIpc) is 2.56. The van der Waals surface area contributed by atoms with Crippen LogP contribution in [-0.2, 0) is 4.79 Å². The van der Waals surface area contributed by atoms with E-state index in [1.165, 1.54) is 38.5 Å². The zero-order valence-electron chi connectivity index (χ0n) is 12.3. The van der Waals surface area contributed by atoms with E-state index in [0.29, 0.717) is 24.4 Å². The molecule has 1 amide bonds. The highest BCUT2D eigenvalue weighted by Gasteiger charge is 2.20. The molecule has 1 rings (SSSR count). The van der Waals surface area contributed by atoms with Crippen LogP contribution in [0.1, 0.15) is 65.7 Å². The van der Waals surface area contributed by atoms with Crippen LogP contribution in [0, 0.1) is 5.92 Å². The molecule has 0 aromatic heterocycles. The van der Waals surface area contributed by atoms with E-state index in [1.807, 2.05) is 0 Å². The molecule has 0 aliphatic heterocycles. The maximum atomic E-state index is 11.8. The lowest BCUT2D eigenvalue weighted by molar-refractivity contribution is -0.122. The van der Waals surface area contributed by atoms with Gasteiger partial charge in [-0.1, -0.05) is 39.5 Å². The molecular weight excluding hydrogens is 224 g/mol. The van der Waals surface area contributed by atoms with Gasteiger partial charge in [-0.3, -0.25) is 4.79 Å². The number of carbonyl (C=O) groups excluding carboxylic acids is 1. The lowest BCUT2D eigenvalue weighted by Crippen LogP contribution is -2.39. The Morgan fingerprint density at radius 3 is 2.28 bits per heavy atom. The molecule has 1 fully saturated rings. The van der Waals surface area contributed by atoms with Gasteiger partial charge in [-0.2, -0.15) is 0 Å². The normalized spacial score (nSPS) is 19.6. The van der Waals surface area contributed by atoms with E-state index < -0.39 is 0 Å². The second kappa shape index (κ2) is 8.52. The van der Waals surface area contributed by atoms with Gasteiger partial charge in [0.2, 0.25) is 5.91 Å². The molecule has 1 saturated carbocycles. The quantitative estimate of drug-likeness (QED) is 0.716. The summed E-state index contributed by atoms with van der Waals surface area (Å²) in [6.45, 7) is 7.16. The summed E-state index contributed by atoms with van der Waals surface area (Å²) >= 11 is 0. The van der Waals surface area contributed by atoms with Crippen molar-refractivity contribution in [1.82, 2.24) is 10.6 Å². The van der Waals surface area contributed by atoms with E-state index in [-0.39, 0.29) is 5.91 Å². The molecule has 1 atom stereocenters. The number of rotatable bonds is 6. The van der Waals surface area contributed by atoms with Crippen LogP contribution in [-0.4, -0.2) is 24.5 Å². The average molecular weight is 254 g/mol. The number of hydrogen-bond donors (Lipinski definition) is 2. The van der Waals surface area contributed by atoms with Crippen molar-refractivity contribution in [3.8, 4) is 0 Å². The van der Waals surface area contributed by atoms with Crippen molar-refractivity contribution in [1.29, 1.82) is 0 Å². The van der Waals surface area contributed by atoms with Gasteiger partial charge in [0.05, 0.1) is 0 Å². The van der Waals surface area contributed by atoms with Crippen LogP contribution in [0.5, 0.6) is 0 Å². The summed E-state index contributed by atoms with van der Waals surface area (Å²) in [6, 6.07) is 0.798. The topological polar surface area (TPSA) is 41.1 Å². The molecule has 0 spiro atoms. The molecule has 0 saturated heterocycles. The molecular formula is C15H30N2O. The first-order chi connectivity index (χ1) is 8.59. The molecule has 0 unspecified atom stereocenters. The Morgan fingerprint density at radius 1 is 1.11 bits per heavy atom. The van der Waals surface area contributed by atoms with Gasteiger partial charge in [0.15, 0.2) is 0 Å². The van der Waals surface area contributed by atoms with Crippen molar-refractivity contribution >= 4 is 5.91 Å². The zero-order valence-corrected chi connectivity index (χ0v) is 12.3. The minimum absolute atomic E-state index is 0.194. The fourth-order valence-electron chi connectivity index (χ4n) is 2.73. The number of carbonyl (C=O) groups is 1. The highest BCUT2D eigenvalue weighted by molar-refractivity contribution is 5.76. The Bertz CT molecular complexity index is 233. The first-order valence-corrected chi connectivity index (χ1v) is 7.62. The van der Waals surface area contributed by atoms with E-state index in [1.54, 1.807) is 0 Å². The summed E-state index contributed by atoms with van der Waals surface area (Å²) in [7, 11) is 0. The number of nitrogens with one attached hydrogen (secondary N) is 2. The maximum Gasteiger partial charge on any atom is 0.221 e. The smallest absolute Gasteiger partial charge is 0.221 e. The summed E-state index contributed by atoms with van der Waals surface area (Å²) in [5.74, 6) is 0.884. The molecule has 0 radical (unpaired) electrons. The van der Waals surface area contributed by atoms with Gasteiger partial charge in [0.1, 0.15) is 0 Å². The first-order valence-electron chi connectivity index (χ1n) is 7.62. The highest BCUT2D eigenvalue weighted by atomic mass is 16.1. The van der Waals surface area contributed by atoms with Gasteiger partial charge in [-0.15, -0.1) is 0 Å². The molecule has 0 bridgehead atoms. The van der Waals surface area contributed by atoms with Gasteiger partial charge >= 0.3 is 0 Å². The van der Waals surface area contributed by atoms with Gasteiger partial charge in [-0.25, -0.2) is 0 Å². The highest BCUT2D eigenvalue weighted by Crippen LogP contribution is 2.25. The Morgan fingerprint density at radius 2 is 1.72 bits per heavy atom. The predicted molar refractivity (Wildman–Crippen MR) is 76.6 cm³/mol. The number of amides is 1. The van der Waals surface area contributed by atoms with Gasteiger partial charge < -0.3 is 10.6 Å². The third kappa shape index (κ3) is 6.39. The number of hydrogen-bond acceptors (Lipinski definition) is 2. The Hall–Kier alpha value is -0.570. The van der Waals surface area contributed by atoms with Crippen molar-refractivity contribution in [3.63, 3.8) is 0 Å². The van der Waals surface area contributed by atoms with Crippen LogP contribution >= 0.6 is 0 Å². The monoisotopic (exact) mass is 254 g/mol. The molecule has 0 heterocycles. The van der Waals surface area contributed by atoms with Crippen molar-refractivity contribution in [2.75, 3.05) is 6.54 Å². The van der Waals surface area contributed by atoms with Crippen molar-refractivity contribution in [2.24, 2.45) is 5.92 Å². The van der Waals surface area contributed by atoms with Crippen LogP contribution in [0.2, 0.25) is 0 Å².